The van der Waals surface area contributed by atoms with E-state index in [1.807, 2.05) is 56.6 Å². The van der Waals surface area contributed by atoms with Gasteiger partial charge in [-0.05, 0) is 29.8 Å². The Hall–Kier alpha value is -2.13. The first-order chi connectivity index (χ1) is 10.1. The lowest BCUT2D eigenvalue weighted by Crippen LogP contribution is -3.11. The molecule has 21 heavy (non-hydrogen) atoms. The van der Waals surface area contributed by atoms with E-state index in [2.05, 4.69) is 12.1 Å². The maximum absolute atomic E-state index is 12.7. The highest BCUT2D eigenvalue weighted by molar-refractivity contribution is 5.99. The molecule has 110 valence electrons. The van der Waals surface area contributed by atoms with Gasteiger partial charge < -0.3 is 9.64 Å². The van der Waals surface area contributed by atoms with Gasteiger partial charge in [-0.1, -0.05) is 30.3 Å². The minimum Gasteiger partial charge on any atom is -0.497 e. The van der Waals surface area contributed by atoms with Crippen LogP contribution in [-0.2, 0) is 6.42 Å². The lowest BCUT2D eigenvalue weighted by atomic mass is 9.97. The van der Waals surface area contributed by atoms with Crippen molar-refractivity contribution in [3.63, 3.8) is 0 Å². The van der Waals surface area contributed by atoms with Crippen LogP contribution in [0.3, 0.4) is 0 Å². The van der Waals surface area contributed by atoms with Gasteiger partial charge in [0.15, 0.2) is 6.04 Å². The second kappa shape index (κ2) is 7.04. The quantitative estimate of drug-likeness (QED) is 0.818. The summed E-state index contributed by atoms with van der Waals surface area (Å²) in [6.07, 6.45) is 0.744. The first-order valence-electron chi connectivity index (χ1n) is 7.14. The fraction of sp³-hybridized carbons (Fsp3) is 0.278. The van der Waals surface area contributed by atoms with E-state index in [1.54, 1.807) is 7.11 Å². The molecule has 0 aliphatic rings. The molecule has 0 radical (unpaired) electrons. The summed E-state index contributed by atoms with van der Waals surface area (Å²) in [5, 5.41) is 0. The Bertz CT molecular complexity index is 576. The molecule has 2 rings (SSSR count). The predicted octanol–water partition coefficient (Wildman–Crippen LogP) is 1.63. The second-order valence-electron chi connectivity index (χ2n) is 5.41. The molecule has 0 amide bonds. The van der Waals surface area contributed by atoms with Gasteiger partial charge in [-0.15, -0.1) is 0 Å². The third-order valence-electron chi connectivity index (χ3n) is 3.67. The number of ether oxygens (including phenoxy) is 1. The molecule has 0 spiro atoms. The molecule has 3 heteroatoms. The van der Waals surface area contributed by atoms with E-state index >= 15 is 0 Å². The van der Waals surface area contributed by atoms with Gasteiger partial charge in [-0.3, -0.25) is 4.79 Å². The number of ketones is 1. The monoisotopic (exact) mass is 284 g/mol. The van der Waals surface area contributed by atoms with E-state index in [1.165, 1.54) is 5.56 Å². The summed E-state index contributed by atoms with van der Waals surface area (Å²) in [5.41, 5.74) is 1.92. The van der Waals surface area contributed by atoms with Crippen LogP contribution >= 0.6 is 0 Å². The van der Waals surface area contributed by atoms with Gasteiger partial charge in [-0.2, -0.15) is 0 Å². The number of carbonyl (C=O) groups is 1. The van der Waals surface area contributed by atoms with E-state index in [0.717, 1.165) is 22.6 Å². The summed E-state index contributed by atoms with van der Waals surface area (Å²) < 4.78 is 5.14. The number of methoxy groups -OCH3 is 1. The molecule has 1 atom stereocenters. The molecule has 0 heterocycles. The summed E-state index contributed by atoms with van der Waals surface area (Å²) in [4.78, 5) is 13.9. The number of carbonyl (C=O) groups excluding carboxylic acids is 1. The summed E-state index contributed by atoms with van der Waals surface area (Å²) in [6.45, 7) is 0. The maximum Gasteiger partial charge on any atom is 0.220 e. The Labute approximate surface area is 126 Å². The number of quaternary nitrogens is 1. The van der Waals surface area contributed by atoms with Crippen molar-refractivity contribution in [3.8, 4) is 5.75 Å². The summed E-state index contributed by atoms with van der Waals surface area (Å²) in [6, 6.07) is 17.4. The van der Waals surface area contributed by atoms with Crippen molar-refractivity contribution in [2.45, 2.75) is 12.5 Å². The maximum atomic E-state index is 12.7. The van der Waals surface area contributed by atoms with Gasteiger partial charge >= 0.3 is 0 Å². The average Bonchev–Trinajstić information content (AvgIpc) is 2.53. The van der Waals surface area contributed by atoms with E-state index in [9.17, 15) is 4.79 Å². The fourth-order valence-electron chi connectivity index (χ4n) is 2.37. The molecule has 2 aromatic rings. The molecule has 1 N–H and O–H groups in total. The SMILES string of the molecule is COc1ccc(C(=O)[C@@H](Cc2ccccc2)[NH+](C)C)cc1. The van der Waals surface area contributed by atoms with E-state index in [4.69, 9.17) is 4.74 Å². The lowest BCUT2D eigenvalue weighted by Gasteiger charge is -2.20. The number of nitrogens with one attached hydrogen (secondary N) is 1. The van der Waals surface area contributed by atoms with Crippen molar-refractivity contribution in [2.24, 2.45) is 0 Å². The molecule has 2 aromatic carbocycles. The summed E-state index contributed by atoms with van der Waals surface area (Å²) in [7, 11) is 5.67. The first-order valence-corrected chi connectivity index (χ1v) is 7.14. The molecule has 0 fully saturated rings. The van der Waals surface area contributed by atoms with Gasteiger partial charge in [0.2, 0.25) is 5.78 Å². The zero-order valence-electron chi connectivity index (χ0n) is 12.8. The van der Waals surface area contributed by atoms with Crippen molar-refractivity contribution in [2.75, 3.05) is 21.2 Å². The zero-order valence-corrected chi connectivity index (χ0v) is 12.8. The molecular weight excluding hydrogens is 262 g/mol. The Morgan fingerprint density at radius 2 is 1.67 bits per heavy atom. The van der Waals surface area contributed by atoms with Crippen LogP contribution in [0.4, 0.5) is 0 Å². The zero-order chi connectivity index (χ0) is 15.2. The largest absolute Gasteiger partial charge is 0.497 e. The van der Waals surface area contributed by atoms with E-state index in [0.29, 0.717) is 0 Å². The van der Waals surface area contributed by atoms with Crippen LogP contribution in [0.1, 0.15) is 15.9 Å². The Kier molecular flexibility index (Phi) is 5.12. The molecule has 0 aliphatic carbocycles. The average molecular weight is 284 g/mol. The predicted molar refractivity (Wildman–Crippen MR) is 84.1 cm³/mol. The highest BCUT2D eigenvalue weighted by Gasteiger charge is 2.26. The highest BCUT2D eigenvalue weighted by Crippen LogP contribution is 2.13. The van der Waals surface area contributed by atoms with Crippen molar-refractivity contribution in [3.05, 3.63) is 65.7 Å². The molecule has 0 bridgehead atoms. The summed E-state index contributed by atoms with van der Waals surface area (Å²) in [5.74, 6) is 0.935. The van der Waals surface area contributed by atoms with Crippen molar-refractivity contribution in [1.82, 2.24) is 0 Å². The fourth-order valence-corrected chi connectivity index (χ4v) is 2.37. The van der Waals surface area contributed by atoms with Crippen LogP contribution in [0, 0.1) is 0 Å². The van der Waals surface area contributed by atoms with Gasteiger partial charge in [0, 0.05) is 12.0 Å². The van der Waals surface area contributed by atoms with E-state index in [-0.39, 0.29) is 11.8 Å². The molecule has 0 aromatic heterocycles. The number of hydrogen-bond acceptors (Lipinski definition) is 2. The number of likely N-dealkylation sites (N-methyl/N-ethyl adjacent to an activating group) is 1. The van der Waals surface area contributed by atoms with Crippen LogP contribution < -0.4 is 9.64 Å². The van der Waals surface area contributed by atoms with Crippen LogP contribution in [0.25, 0.3) is 0 Å². The first kappa shape index (κ1) is 15.3. The topological polar surface area (TPSA) is 30.7 Å². The third kappa shape index (κ3) is 3.92. The lowest BCUT2D eigenvalue weighted by molar-refractivity contribution is -0.874. The molecule has 0 aliphatic heterocycles. The molecular formula is C18H22NO2+. The van der Waals surface area contributed by atoms with E-state index < -0.39 is 0 Å². The Balaban J connectivity index is 2.18. The smallest absolute Gasteiger partial charge is 0.220 e. The Morgan fingerprint density at radius 3 is 2.19 bits per heavy atom. The third-order valence-corrected chi connectivity index (χ3v) is 3.67. The Morgan fingerprint density at radius 1 is 1.05 bits per heavy atom. The second-order valence-corrected chi connectivity index (χ2v) is 5.41. The minimum absolute atomic E-state index is 0.0826. The number of Topliss-reactive ketones (excluding diaryl/α,β-unsaturated/α-hetero) is 1. The standard InChI is InChI=1S/C18H21NO2/c1-19(2)17(13-14-7-5-4-6-8-14)18(20)15-9-11-16(21-3)12-10-15/h4-12,17H,13H2,1-3H3/p+1/t17-/m1/s1. The van der Waals surface area contributed by atoms with Gasteiger partial charge in [-0.25, -0.2) is 0 Å². The summed E-state index contributed by atoms with van der Waals surface area (Å²) >= 11 is 0. The van der Waals surface area contributed by atoms with Gasteiger partial charge in [0.25, 0.3) is 0 Å². The molecule has 0 saturated heterocycles. The van der Waals surface area contributed by atoms with Crippen LogP contribution in [-0.4, -0.2) is 33.0 Å². The van der Waals surface area contributed by atoms with Crippen molar-refractivity contribution >= 4 is 5.78 Å². The van der Waals surface area contributed by atoms with Gasteiger partial charge in [0.05, 0.1) is 21.2 Å². The number of hydrogen-bond donors (Lipinski definition) is 1. The highest BCUT2D eigenvalue weighted by atomic mass is 16.5. The van der Waals surface area contributed by atoms with Crippen LogP contribution in [0.5, 0.6) is 5.75 Å². The van der Waals surface area contributed by atoms with Gasteiger partial charge in [0.1, 0.15) is 5.75 Å². The number of benzene rings is 2. The molecule has 0 unspecified atom stereocenters. The van der Waals surface area contributed by atoms with Crippen molar-refractivity contribution in [1.29, 1.82) is 0 Å². The van der Waals surface area contributed by atoms with Crippen molar-refractivity contribution < 1.29 is 14.4 Å². The normalized spacial score (nSPS) is 12.2. The minimum atomic E-state index is -0.0826. The number of rotatable bonds is 6. The molecule has 0 saturated carbocycles. The van der Waals surface area contributed by atoms with Crippen LogP contribution in [0.15, 0.2) is 54.6 Å². The van der Waals surface area contributed by atoms with Crippen LogP contribution in [0.2, 0.25) is 0 Å². The molecule has 3 nitrogen and oxygen atoms in total.